The normalized spacial score (nSPS) is 7.62. The molecule has 1 N–H and O–H groups in total. The molecule has 0 aromatic heterocycles. The zero-order valence-electron chi connectivity index (χ0n) is 4.48. The summed E-state index contributed by atoms with van der Waals surface area (Å²) in [6.45, 7) is 1.98. The molecule has 0 aliphatic carbocycles. The molecule has 0 amide bonds. The number of hydrogen-bond acceptors (Lipinski definition) is 1. The van der Waals surface area contributed by atoms with Gasteiger partial charge in [0.05, 0.1) is 0 Å². The Kier molecular flexibility index (Phi) is 8.45. The van der Waals surface area contributed by atoms with E-state index in [9.17, 15) is 4.79 Å². The van der Waals surface area contributed by atoms with Crippen molar-refractivity contribution in [3.8, 4) is 0 Å². The highest BCUT2D eigenvalue weighted by atomic mass is 16.4. The van der Waals surface area contributed by atoms with Crippen LogP contribution in [0.4, 0.5) is 0 Å². The number of unbranched alkanes of at least 4 members (excludes halogenated alkanes) is 1. The number of aliphatic carboxylic acids is 1. The molecule has 0 aliphatic heterocycles. The quantitative estimate of drug-likeness (QED) is 0.614. The molecule has 0 aromatic carbocycles. The lowest BCUT2D eigenvalue weighted by Gasteiger charge is -1.85. The van der Waals surface area contributed by atoms with Gasteiger partial charge in [0.15, 0.2) is 0 Å². The predicted octanol–water partition coefficient (Wildman–Crippen LogP) is 1.90. The topological polar surface area (TPSA) is 37.3 Å². The van der Waals surface area contributed by atoms with Gasteiger partial charge in [-0.1, -0.05) is 20.8 Å². The fourth-order valence-corrected chi connectivity index (χ4v) is 0.328. The molecule has 0 aliphatic rings. The average molecular weight is 118 g/mol. The van der Waals surface area contributed by atoms with Crippen molar-refractivity contribution in [2.24, 2.45) is 0 Å². The SMILES string of the molecule is C.CCCCC(=O)O. The summed E-state index contributed by atoms with van der Waals surface area (Å²) >= 11 is 0. The smallest absolute Gasteiger partial charge is 0.303 e. The lowest BCUT2D eigenvalue weighted by atomic mass is 10.3. The van der Waals surface area contributed by atoms with Gasteiger partial charge in [0.25, 0.3) is 0 Å². The summed E-state index contributed by atoms with van der Waals surface area (Å²) in [7, 11) is 0. The van der Waals surface area contributed by atoms with Gasteiger partial charge in [-0.15, -0.1) is 0 Å². The van der Waals surface area contributed by atoms with Crippen molar-refractivity contribution < 1.29 is 9.90 Å². The summed E-state index contributed by atoms with van der Waals surface area (Å²) in [5.41, 5.74) is 0. The Morgan fingerprint density at radius 2 is 2.12 bits per heavy atom. The van der Waals surface area contributed by atoms with E-state index in [-0.39, 0.29) is 7.43 Å². The minimum atomic E-state index is -0.693. The Bertz CT molecular complexity index is 59.5. The van der Waals surface area contributed by atoms with E-state index >= 15 is 0 Å². The minimum Gasteiger partial charge on any atom is -0.481 e. The van der Waals surface area contributed by atoms with Crippen molar-refractivity contribution in [1.82, 2.24) is 0 Å². The molecule has 0 unspecified atom stereocenters. The van der Waals surface area contributed by atoms with Gasteiger partial charge < -0.3 is 5.11 Å². The molecular weight excluding hydrogens is 104 g/mol. The lowest BCUT2D eigenvalue weighted by molar-refractivity contribution is -0.137. The zero-order valence-corrected chi connectivity index (χ0v) is 4.48. The van der Waals surface area contributed by atoms with Gasteiger partial charge in [-0.05, 0) is 6.42 Å². The van der Waals surface area contributed by atoms with Crippen molar-refractivity contribution in [3.63, 3.8) is 0 Å². The molecule has 0 fully saturated rings. The fourth-order valence-electron chi connectivity index (χ4n) is 0.328. The molecule has 8 heavy (non-hydrogen) atoms. The first-order valence-corrected chi connectivity index (χ1v) is 2.49. The van der Waals surface area contributed by atoms with Gasteiger partial charge in [-0.25, -0.2) is 0 Å². The van der Waals surface area contributed by atoms with Crippen LogP contribution in [0.25, 0.3) is 0 Å². The van der Waals surface area contributed by atoms with Crippen LogP contribution >= 0.6 is 0 Å². The first-order valence-electron chi connectivity index (χ1n) is 2.49. The van der Waals surface area contributed by atoms with Crippen LogP contribution in [0.15, 0.2) is 0 Å². The number of rotatable bonds is 3. The maximum Gasteiger partial charge on any atom is 0.303 e. The van der Waals surface area contributed by atoms with Crippen molar-refractivity contribution in [1.29, 1.82) is 0 Å². The van der Waals surface area contributed by atoms with Crippen LogP contribution in [0.5, 0.6) is 0 Å². The number of carboxylic acid groups (broad SMARTS) is 1. The Labute approximate surface area is 50.5 Å². The second-order valence-corrected chi connectivity index (χ2v) is 1.50. The molecule has 2 heteroatoms. The predicted molar refractivity (Wildman–Crippen MR) is 33.9 cm³/mol. The Morgan fingerprint density at radius 1 is 1.62 bits per heavy atom. The summed E-state index contributed by atoms with van der Waals surface area (Å²) in [4.78, 5) is 9.76. The lowest BCUT2D eigenvalue weighted by Crippen LogP contribution is -1.91. The summed E-state index contributed by atoms with van der Waals surface area (Å²) in [5, 5.41) is 8.04. The Hall–Kier alpha value is -0.530. The Morgan fingerprint density at radius 3 is 2.25 bits per heavy atom. The van der Waals surface area contributed by atoms with Crippen LogP contribution < -0.4 is 0 Å². The molecule has 0 bridgehead atoms. The highest BCUT2D eigenvalue weighted by Crippen LogP contribution is 1.91. The third-order valence-corrected chi connectivity index (χ3v) is 0.744. The minimum absolute atomic E-state index is 0. The molecule has 0 radical (unpaired) electrons. The van der Waals surface area contributed by atoms with Crippen LogP contribution in [0, 0.1) is 0 Å². The van der Waals surface area contributed by atoms with Crippen LogP contribution in [-0.4, -0.2) is 11.1 Å². The monoisotopic (exact) mass is 118 g/mol. The van der Waals surface area contributed by atoms with Gasteiger partial charge in [0.1, 0.15) is 0 Å². The number of carbonyl (C=O) groups is 1. The molecule has 50 valence electrons. The highest BCUT2D eigenvalue weighted by molar-refractivity contribution is 5.66. The van der Waals surface area contributed by atoms with Crippen LogP contribution in [0.3, 0.4) is 0 Å². The molecular formula is C6H14O2. The van der Waals surface area contributed by atoms with E-state index in [1.807, 2.05) is 6.92 Å². The largest absolute Gasteiger partial charge is 0.481 e. The highest BCUT2D eigenvalue weighted by Gasteiger charge is 1.90. The van der Waals surface area contributed by atoms with Crippen molar-refractivity contribution in [2.75, 3.05) is 0 Å². The third kappa shape index (κ3) is 9.08. The third-order valence-electron chi connectivity index (χ3n) is 0.744. The van der Waals surface area contributed by atoms with Gasteiger partial charge in [-0.2, -0.15) is 0 Å². The van der Waals surface area contributed by atoms with Gasteiger partial charge >= 0.3 is 5.97 Å². The average Bonchev–Trinajstić information content (AvgIpc) is 1.61. The van der Waals surface area contributed by atoms with E-state index in [0.717, 1.165) is 12.8 Å². The van der Waals surface area contributed by atoms with Crippen LogP contribution in [0.2, 0.25) is 0 Å². The maximum atomic E-state index is 9.76. The van der Waals surface area contributed by atoms with Gasteiger partial charge in [0.2, 0.25) is 0 Å². The molecule has 0 saturated carbocycles. The van der Waals surface area contributed by atoms with Gasteiger partial charge in [-0.3, -0.25) is 4.79 Å². The summed E-state index contributed by atoms with van der Waals surface area (Å²) in [5.74, 6) is -0.693. The second kappa shape index (κ2) is 6.47. The van der Waals surface area contributed by atoms with E-state index in [4.69, 9.17) is 5.11 Å². The number of hydrogen-bond donors (Lipinski definition) is 1. The summed E-state index contributed by atoms with van der Waals surface area (Å²) < 4.78 is 0. The molecule has 0 saturated heterocycles. The molecule has 0 rings (SSSR count). The molecule has 0 atom stereocenters. The first kappa shape index (κ1) is 10.5. The first-order chi connectivity index (χ1) is 3.27. The van der Waals surface area contributed by atoms with E-state index in [2.05, 4.69) is 0 Å². The summed E-state index contributed by atoms with van der Waals surface area (Å²) in [6, 6.07) is 0. The standard InChI is InChI=1S/C5H10O2.CH4/c1-2-3-4-5(6)7;/h2-4H2,1H3,(H,6,7);1H4. The van der Waals surface area contributed by atoms with Crippen LogP contribution in [-0.2, 0) is 4.79 Å². The van der Waals surface area contributed by atoms with Gasteiger partial charge in [0, 0.05) is 6.42 Å². The molecule has 0 spiro atoms. The van der Waals surface area contributed by atoms with E-state index < -0.39 is 5.97 Å². The maximum absolute atomic E-state index is 9.76. The Balaban J connectivity index is 0. The summed E-state index contributed by atoms with van der Waals surface area (Å²) in [6.07, 6.45) is 2.08. The van der Waals surface area contributed by atoms with Crippen molar-refractivity contribution in [2.45, 2.75) is 33.6 Å². The van der Waals surface area contributed by atoms with E-state index in [1.54, 1.807) is 0 Å². The van der Waals surface area contributed by atoms with E-state index in [1.165, 1.54) is 0 Å². The molecule has 0 heterocycles. The van der Waals surface area contributed by atoms with Crippen molar-refractivity contribution >= 4 is 5.97 Å². The molecule has 2 nitrogen and oxygen atoms in total. The van der Waals surface area contributed by atoms with E-state index in [0.29, 0.717) is 6.42 Å². The second-order valence-electron chi connectivity index (χ2n) is 1.50. The van der Waals surface area contributed by atoms with Crippen LogP contribution in [0.1, 0.15) is 33.6 Å². The molecule has 0 aromatic rings. The fraction of sp³-hybridized carbons (Fsp3) is 0.833. The van der Waals surface area contributed by atoms with Crippen molar-refractivity contribution in [3.05, 3.63) is 0 Å². The number of carboxylic acids is 1. The zero-order chi connectivity index (χ0) is 5.70.